The maximum atomic E-state index is 12.6. The summed E-state index contributed by atoms with van der Waals surface area (Å²) in [5, 5.41) is 0. The van der Waals surface area contributed by atoms with Crippen LogP contribution in [-0.4, -0.2) is 36.8 Å². The normalized spacial score (nSPS) is 15.9. The van der Waals surface area contributed by atoms with E-state index in [0.717, 1.165) is 23.1 Å². The topological polar surface area (TPSA) is 69.9 Å². The fraction of sp³-hybridized carbons (Fsp3) is 0.571. The van der Waals surface area contributed by atoms with E-state index in [1.54, 1.807) is 20.1 Å². The minimum Gasteiger partial charge on any atom is -0.462 e. The average molecular weight is 405 g/mol. The Bertz CT molecular complexity index is 893. The Morgan fingerprint density at radius 3 is 2.75 bits per heavy atom. The summed E-state index contributed by atoms with van der Waals surface area (Å²) in [5.74, 6) is 0.0607. The SMILES string of the molecule is CCOC(=O)c1ccc2c(c1)sc(=NC(=O)CC1CCCCC1)n2CCOC. The quantitative estimate of drug-likeness (QED) is 0.656. The van der Waals surface area contributed by atoms with Gasteiger partial charge in [-0.1, -0.05) is 30.6 Å². The Morgan fingerprint density at radius 2 is 2.04 bits per heavy atom. The lowest BCUT2D eigenvalue weighted by atomic mass is 9.87. The molecule has 6 nitrogen and oxygen atoms in total. The molecular formula is C21H28N2O4S. The second-order valence-corrected chi connectivity index (χ2v) is 8.15. The highest BCUT2D eigenvalue weighted by Crippen LogP contribution is 2.26. The summed E-state index contributed by atoms with van der Waals surface area (Å²) in [6.07, 6.45) is 6.47. The zero-order chi connectivity index (χ0) is 19.9. The summed E-state index contributed by atoms with van der Waals surface area (Å²) in [5.41, 5.74) is 1.45. The zero-order valence-electron chi connectivity index (χ0n) is 16.6. The molecule has 0 spiro atoms. The van der Waals surface area contributed by atoms with Gasteiger partial charge in [-0.05, 0) is 43.9 Å². The van der Waals surface area contributed by atoms with E-state index in [1.165, 1.54) is 30.6 Å². The number of carbonyl (C=O) groups excluding carboxylic acids is 2. The van der Waals surface area contributed by atoms with E-state index < -0.39 is 0 Å². The zero-order valence-corrected chi connectivity index (χ0v) is 17.4. The molecule has 0 aliphatic heterocycles. The standard InChI is InChI=1S/C21H28N2O4S/c1-3-27-20(25)16-9-10-17-18(14-16)28-21(23(17)11-12-26-2)22-19(24)13-15-7-5-4-6-8-15/h9-10,14-15H,3-8,11-13H2,1-2H3. The van der Waals surface area contributed by atoms with Crippen molar-refractivity contribution in [1.82, 2.24) is 4.57 Å². The number of hydrogen-bond acceptors (Lipinski definition) is 5. The fourth-order valence-electron chi connectivity index (χ4n) is 3.69. The number of esters is 1. The minimum absolute atomic E-state index is 0.0600. The van der Waals surface area contributed by atoms with Crippen molar-refractivity contribution in [1.29, 1.82) is 0 Å². The fourth-order valence-corrected chi connectivity index (χ4v) is 4.80. The van der Waals surface area contributed by atoms with Crippen LogP contribution in [0.1, 0.15) is 55.8 Å². The monoisotopic (exact) mass is 404 g/mol. The molecule has 3 rings (SSSR count). The second-order valence-electron chi connectivity index (χ2n) is 7.15. The summed E-state index contributed by atoms with van der Waals surface area (Å²) >= 11 is 1.43. The van der Waals surface area contributed by atoms with E-state index in [1.807, 2.05) is 16.7 Å². The van der Waals surface area contributed by atoms with Gasteiger partial charge in [0.1, 0.15) is 0 Å². The van der Waals surface area contributed by atoms with Crippen molar-refractivity contribution in [3.63, 3.8) is 0 Å². The Hall–Kier alpha value is -1.99. The number of aromatic nitrogens is 1. The number of ether oxygens (including phenoxy) is 2. The molecule has 28 heavy (non-hydrogen) atoms. The van der Waals surface area contributed by atoms with Crippen LogP contribution in [0, 0.1) is 5.92 Å². The van der Waals surface area contributed by atoms with Crippen molar-refractivity contribution in [2.45, 2.75) is 52.0 Å². The third-order valence-corrected chi connectivity index (χ3v) is 6.16. The molecule has 1 aliphatic carbocycles. The van der Waals surface area contributed by atoms with Gasteiger partial charge < -0.3 is 14.0 Å². The van der Waals surface area contributed by atoms with Crippen LogP contribution in [-0.2, 0) is 20.8 Å². The summed E-state index contributed by atoms with van der Waals surface area (Å²) in [7, 11) is 1.65. The van der Waals surface area contributed by atoms with E-state index in [0.29, 0.717) is 42.5 Å². The molecule has 0 saturated heterocycles. The van der Waals surface area contributed by atoms with Gasteiger partial charge in [-0.25, -0.2) is 4.79 Å². The van der Waals surface area contributed by atoms with Crippen LogP contribution in [0.2, 0.25) is 0 Å². The molecule has 7 heteroatoms. The first kappa shape index (κ1) is 20.7. The predicted octanol–water partition coefficient (Wildman–Crippen LogP) is 3.92. The third kappa shape index (κ3) is 5.08. The minimum atomic E-state index is -0.340. The first-order valence-corrected chi connectivity index (χ1v) is 10.8. The maximum Gasteiger partial charge on any atom is 0.338 e. The number of hydrogen-bond donors (Lipinski definition) is 0. The molecule has 0 radical (unpaired) electrons. The summed E-state index contributed by atoms with van der Waals surface area (Å²) in [4.78, 5) is 29.7. The number of carbonyl (C=O) groups is 2. The van der Waals surface area contributed by atoms with Crippen LogP contribution in [0.5, 0.6) is 0 Å². The van der Waals surface area contributed by atoms with Crippen LogP contribution in [0.15, 0.2) is 23.2 Å². The molecule has 1 aromatic heterocycles. The lowest BCUT2D eigenvalue weighted by molar-refractivity contribution is -0.119. The number of fused-ring (bicyclic) bond motifs is 1. The van der Waals surface area contributed by atoms with Crippen LogP contribution < -0.4 is 4.80 Å². The lowest BCUT2D eigenvalue weighted by Crippen LogP contribution is -2.20. The maximum absolute atomic E-state index is 12.6. The van der Waals surface area contributed by atoms with Crippen molar-refractivity contribution in [3.8, 4) is 0 Å². The molecule has 152 valence electrons. The van der Waals surface area contributed by atoms with Gasteiger partial charge in [-0.3, -0.25) is 4.79 Å². The van der Waals surface area contributed by atoms with Gasteiger partial charge in [-0.15, -0.1) is 0 Å². The third-order valence-electron chi connectivity index (χ3n) is 5.12. The van der Waals surface area contributed by atoms with Gasteiger partial charge in [0.15, 0.2) is 4.80 Å². The molecule has 1 aliphatic rings. The van der Waals surface area contributed by atoms with Gasteiger partial charge in [0.2, 0.25) is 5.91 Å². The molecule has 1 heterocycles. The molecule has 2 aromatic rings. The highest BCUT2D eigenvalue weighted by atomic mass is 32.1. The molecule has 0 unspecified atom stereocenters. The first-order valence-electron chi connectivity index (χ1n) is 9.99. The molecule has 1 amide bonds. The number of benzene rings is 1. The van der Waals surface area contributed by atoms with Crippen molar-refractivity contribution < 1.29 is 19.1 Å². The van der Waals surface area contributed by atoms with E-state index >= 15 is 0 Å². The summed E-state index contributed by atoms with van der Waals surface area (Å²) in [6, 6.07) is 5.45. The number of rotatable bonds is 7. The van der Waals surface area contributed by atoms with Gasteiger partial charge >= 0.3 is 5.97 Å². The van der Waals surface area contributed by atoms with Crippen LogP contribution in [0.3, 0.4) is 0 Å². The van der Waals surface area contributed by atoms with E-state index in [9.17, 15) is 9.59 Å². The number of methoxy groups -OCH3 is 1. The largest absolute Gasteiger partial charge is 0.462 e. The smallest absolute Gasteiger partial charge is 0.338 e. The van der Waals surface area contributed by atoms with Gasteiger partial charge in [0, 0.05) is 20.1 Å². The van der Waals surface area contributed by atoms with Crippen molar-refractivity contribution in [2.75, 3.05) is 20.3 Å². The summed E-state index contributed by atoms with van der Waals surface area (Å²) in [6.45, 7) is 3.25. The summed E-state index contributed by atoms with van der Waals surface area (Å²) < 4.78 is 13.2. The Kier molecular flexibility index (Phi) is 7.39. The van der Waals surface area contributed by atoms with Crippen molar-refractivity contribution in [2.24, 2.45) is 10.9 Å². The molecule has 0 bridgehead atoms. The van der Waals surface area contributed by atoms with Crippen molar-refractivity contribution >= 4 is 33.4 Å². The molecule has 1 aromatic carbocycles. The molecule has 1 fully saturated rings. The molecular weight excluding hydrogens is 376 g/mol. The highest BCUT2D eigenvalue weighted by molar-refractivity contribution is 7.16. The lowest BCUT2D eigenvalue weighted by Gasteiger charge is -2.19. The Morgan fingerprint density at radius 1 is 1.25 bits per heavy atom. The van der Waals surface area contributed by atoms with Gasteiger partial charge in [0.05, 0.1) is 29.0 Å². The van der Waals surface area contributed by atoms with E-state index in [-0.39, 0.29) is 11.9 Å². The Labute approximate surface area is 169 Å². The predicted molar refractivity (Wildman–Crippen MR) is 109 cm³/mol. The number of thiazole rings is 1. The van der Waals surface area contributed by atoms with Gasteiger partial charge in [0.25, 0.3) is 0 Å². The highest BCUT2D eigenvalue weighted by Gasteiger charge is 2.17. The first-order chi connectivity index (χ1) is 13.6. The van der Waals surface area contributed by atoms with E-state index in [2.05, 4.69) is 4.99 Å². The number of nitrogens with zero attached hydrogens (tertiary/aromatic N) is 2. The molecule has 0 atom stereocenters. The average Bonchev–Trinajstić information content (AvgIpc) is 3.03. The van der Waals surface area contributed by atoms with Gasteiger partial charge in [-0.2, -0.15) is 4.99 Å². The van der Waals surface area contributed by atoms with E-state index in [4.69, 9.17) is 9.47 Å². The van der Waals surface area contributed by atoms with Crippen LogP contribution in [0.25, 0.3) is 10.2 Å². The molecule has 1 saturated carbocycles. The van der Waals surface area contributed by atoms with Crippen LogP contribution >= 0.6 is 11.3 Å². The van der Waals surface area contributed by atoms with Crippen molar-refractivity contribution in [3.05, 3.63) is 28.6 Å². The second kappa shape index (κ2) is 9.98. The Balaban J connectivity index is 1.91. The van der Waals surface area contributed by atoms with Crippen LogP contribution in [0.4, 0.5) is 0 Å². The molecule has 0 N–H and O–H groups in total. The number of amides is 1.